The van der Waals surface area contributed by atoms with Crippen molar-refractivity contribution in [2.75, 3.05) is 13.2 Å². The summed E-state index contributed by atoms with van der Waals surface area (Å²) < 4.78 is 11.0. The van der Waals surface area contributed by atoms with Gasteiger partial charge in [0.05, 0.1) is 25.4 Å². The Morgan fingerprint density at radius 1 is 0.667 bits per heavy atom. The molecular weight excluding hydrogens is 654 g/mol. The number of amides is 1. The van der Waals surface area contributed by atoms with Gasteiger partial charge in [0, 0.05) is 0 Å². The Hall–Kier alpha value is -1.41. The van der Waals surface area contributed by atoms with Gasteiger partial charge in [-0.15, -0.1) is 0 Å². The third-order valence-corrected chi connectivity index (χ3v) is 9.73. The number of ether oxygens (including phenoxy) is 2. The molecular formula is C40H75NO10. The zero-order valence-corrected chi connectivity index (χ0v) is 31.8. The summed E-state index contributed by atoms with van der Waals surface area (Å²) >= 11 is 0. The van der Waals surface area contributed by atoms with E-state index in [-0.39, 0.29) is 12.8 Å². The lowest BCUT2D eigenvalue weighted by Gasteiger charge is -2.40. The summed E-state index contributed by atoms with van der Waals surface area (Å²) in [5.74, 6) is -0.720. The predicted octanol–water partition coefficient (Wildman–Crippen LogP) is 5.10. The van der Waals surface area contributed by atoms with Gasteiger partial charge in [-0.25, -0.2) is 0 Å². The van der Waals surface area contributed by atoms with E-state index in [0.717, 1.165) is 51.4 Å². The fourth-order valence-corrected chi connectivity index (χ4v) is 6.26. The highest BCUT2D eigenvalue weighted by atomic mass is 16.7. The van der Waals surface area contributed by atoms with E-state index < -0.39 is 74.2 Å². The maximum atomic E-state index is 13.0. The first kappa shape index (κ1) is 47.6. The summed E-state index contributed by atoms with van der Waals surface area (Å²) in [5.41, 5.74) is 0. The van der Waals surface area contributed by atoms with Crippen molar-refractivity contribution < 1.29 is 50.0 Å². The van der Waals surface area contributed by atoms with Crippen LogP contribution in [0.25, 0.3) is 0 Å². The standard InChI is InChI=1S/C40H75NO10/c1-3-5-7-9-11-13-15-16-18-19-21-23-25-27-32(43)35(45)31(30-50-40-38(48)37(47)36(46)34(29-42)51-40)41-39(49)33(44)28-26-24-22-20-17-14-12-10-8-6-4-2/h12,14,19,21,31-38,40,42-48H,3-11,13,15-18,20,22-30H2,1-2H3,(H,41,49)/b14-12-,21-19+. The first-order valence-corrected chi connectivity index (χ1v) is 20.2. The van der Waals surface area contributed by atoms with Gasteiger partial charge >= 0.3 is 0 Å². The molecule has 0 spiro atoms. The lowest BCUT2D eigenvalue weighted by atomic mass is 9.98. The summed E-state index contributed by atoms with van der Waals surface area (Å²) in [5, 5.41) is 75.2. The topological polar surface area (TPSA) is 189 Å². The smallest absolute Gasteiger partial charge is 0.249 e. The number of allylic oxidation sites excluding steroid dienone is 4. The van der Waals surface area contributed by atoms with Crippen molar-refractivity contribution in [2.45, 2.75) is 210 Å². The fraction of sp³-hybridized carbons (Fsp3) is 0.875. The quantitative estimate of drug-likeness (QED) is 0.0342. The predicted molar refractivity (Wildman–Crippen MR) is 201 cm³/mol. The number of aliphatic hydroxyl groups excluding tert-OH is 7. The van der Waals surface area contributed by atoms with E-state index in [1.54, 1.807) is 0 Å². The van der Waals surface area contributed by atoms with Crippen molar-refractivity contribution in [3.63, 3.8) is 0 Å². The molecule has 1 saturated heterocycles. The Morgan fingerprint density at radius 3 is 1.73 bits per heavy atom. The second-order valence-electron chi connectivity index (χ2n) is 14.3. The minimum atomic E-state index is -1.67. The molecule has 300 valence electrons. The van der Waals surface area contributed by atoms with Gasteiger partial charge in [0.25, 0.3) is 0 Å². The molecule has 0 aromatic carbocycles. The number of hydrogen-bond acceptors (Lipinski definition) is 10. The van der Waals surface area contributed by atoms with Crippen molar-refractivity contribution in [3.8, 4) is 0 Å². The molecule has 1 amide bonds. The maximum absolute atomic E-state index is 13.0. The van der Waals surface area contributed by atoms with Gasteiger partial charge in [0.2, 0.25) is 5.91 Å². The summed E-state index contributed by atoms with van der Waals surface area (Å²) in [6, 6.07) is -1.18. The van der Waals surface area contributed by atoms with Crippen LogP contribution in [0.5, 0.6) is 0 Å². The second-order valence-corrected chi connectivity index (χ2v) is 14.3. The van der Waals surface area contributed by atoms with E-state index in [0.29, 0.717) is 12.8 Å². The number of carbonyl (C=O) groups is 1. The number of nitrogens with one attached hydrogen (secondary N) is 1. The lowest BCUT2D eigenvalue weighted by Crippen LogP contribution is -2.60. The Bertz CT molecular complexity index is 887. The van der Waals surface area contributed by atoms with Crippen molar-refractivity contribution >= 4 is 5.91 Å². The molecule has 0 bridgehead atoms. The number of rotatable bonds is 32. The van der Waals surface area contributed by atoms with Crippen molar-refractivity contribution in [1.82, 2.24) is 5.32 Å². The van der Waals surface area contributed by atoms with Crippen LogP contribution < -0.4 is 5.32 Å². The van der Waals surface area contributed by atoms with E-state index >= 15 is 0 Å². The van der Waals surface area contributed by atoms with Crippen LogP contribution in [0, 0.1) is 0 Å². The molecule has 1 heterocycles. The Morgan fingerprint density at radius 2 is 1.16 bits per heavy atom. The molecule has 8 N–H and O–H groups in total. The highest BCUT2D eigenvalue weighted by molar-refractivity contribution is 5.80. The van der Waals surface area contributed by atoms with Crippen LogP contribution in [0.4, 0.5) is 0 Å². The van der Waals surface area contributed by atoms with Crippen molar-refractivity contribution in [1.29, 1.82) is 0 Å². The Labute approximate surface area is 308 Å². The summed E-state index contributed by atoms with van der Waals surface area (Å²) in [7, 11) is 0. The lowest BCUT2D eigenvalue weighted by molar-refractivity contribution is -0.303. The summed E-state index contributed by atoms with van der Waals surface area (Å²) in [4.78, 5) is 13.0. The molecule has 11 nitrogen and oxygen atoms in total. The highest BCUT2D eigenvalue weighted by Gasteiger charge is 2.44. The largest absolute Gasteiger partial charge is 0.394 e. The van der Waals surface area contributed by atoms with E-state index in [2.05, 4.69) is 43.5 Å². The maximum Gasteiger partial charge on any atom is 0.249 e. The molecule has 9 unspecified atom stereocenters. The van der Waals surface area contributed by atoms with Gasteiger partial charge in [-0.1, -0.05) is 115 Å². The molecule has 0 saturated carbocycles. The van der Waals surface area contributed by atoms with Crippen LogP contribution in [0.1, 0.15) is 155 Å². The monoisotopic (exact) mass is 730 g/mol. The zero-order valence-electron chi connectivity index (χ0n) is 31.8. The fourth-order valence-electron chi connectivity index (χ4n) is 6.26. The Balaban J connectivity index is 2.59. The van der Waals surface area contributed by atoms with Crippen LogP contribution in [0.2, 0.25) is 0 Å². The van der Waals surface area contributed by atoms with Gasteiger partial charge in [-0.3, -0.25) is 4.79 Å². The number of carbonyl (C=O) groups excluding carboxylic acids is 1. The van der Waals surface area contributed by atoms with Gasteiger partial charge in [0.15, 0.2) is 6.29 Å². The SMILES string of the molecule is CCCCC/C=C\CCCCCCC(O)C(=O)NC(COC1OC(CO)C(O)C(O)C1O)C(O)C(O)CCC/C=C/CCCCCCCCCC. The zero-order chi connectivity index (χ0) is 37.7. The minimum Gasteiger partial charge on any atom is -0.394 e. The number of unbranched alkanes of at least 4 members (excludes halogenated alkanes) is 16. The van der Waals surface area contributed by atoms with Crippen LogP contribution in [0.15, 0.2) is 24.3 Å². The molecule has 11 heteroatoms. The third kappa shape index (κ3) is 21.8. The molecule has 9 atom stereocenters. The molecule has 0 aliphatic carbocycles. The third-order valence-electron chi connectivity index (χ3n) is 9.73. The highest BCUT2D eigenvalue weighted by Crippen LogP contribution is 2.23. The molecule has 1 aliphatic rings. The molecule has 1 rings (SSSR count). The van der Waals surface area contributed by atoms with Gasteiger partial charge in [-0.05, 0) is 64.2 Å². The van der Waals surface area contributed by atoms with Crippen molar-refractivity contribution in [3.05, 3.63) is 24.3 Å². The average molecular weight is 730 g/mol. The van der Waals surface area contributed by atoms with Gasteiger partial charge in [0.1, 0.15) is 36.6 Å². The van der Waals surface area contributed by atoms with Gasteiger partial charge < -0.3 is 50.5 Å². The van der Waals surface area contributed by atoms with Crippen LogP contribution in [0.3, 0.4) is 0 Å². The molecule has 1 aliphatic heterocycles. The molecule has 51 heavy (non-hydrogen) atoms. The molecule has 0 aromatic rings. The first-order chi connectivity index (χ1) is 24.7. The van der Waals surface area contributed by atoms with E-state index in [9.17, 15) is 40.5 Å². The number of aliphatic hydroxyl groups is 7. The minimum absolute atomic E-state index is 0.239. The first-order valence-electron chi connectivity index (χ1n) is 20.2. The summed E-state index contributed by atoms with van der Waals surface area (Å²) in [6.45, 7) is 3.34. The normalized spacial score (nSPS) is 23.5. The van der Waals surface area contributed by atoms with Gasteiger partial charge in [-0.2, -0.15) is 0 Å². The second kappa shape index (κ2) is 31.0. The van der Waals surface area contributed by atoms with Crippen LogP contribution >= 0.6 is 0 Å². The van der Waals surface area contributed by atoms with Crippen molar-refractivity contribution in [2.24, 2.45) is 0 Å². The van der Waals surface area contributed by atoms with E-state index in [1.165, 1.54) is 64.2 Å². The van der Waals surface area contributed by atoms with Crippen LogP contribution in [-0.2, 0) is 14.3 Å². The summed E-state index contributed by atoms with van der Waals surface area (Å²) in [6.07, 6.45) is 19.6. The van der Waals surface area contributed by atoms with E-state index in [1.807, 2.05) is 0 Å². The molecule has 1 fully saturated rings. The van der Waals surface area contributed by atoms with Crippen LogP contribution in [-0.4, -0.2) is 110 Å². The van der Waals surface area contributed by atoms with E-state index in [4.69, 9.17) is 9.47 Å². The molecule has 0 aromatic heterocycles. The Kier molecular flexibility index (Phi) is 28.9. The molecule has 0 radical (unpaired) electrons. The average Bonchev–Trinajstić information content (AvgIpc) is 3.13. The number of hydrogen-bond donors (Lipinski definition) is 8.